The first-order valence-electron chi connectivity index (χ1n) is 14.3. The topological polar surface area (TPSA) is 96.0 Å². The lowest BCUT2D eigenvalue weighted by Crippen LogP contribution is -2.22. The van der Waals surface area contributed by atoms with Gasteiger partial charge in [0.15, 0.2) is 0 Å². The molecule has 0 bridgehead atoms. The molecule has 0 radical (unpaired) electrons. The summed E-state index contributed by atoms with van der Waals surface area (Å²) in [4.78, 5) is 39.0. The molecule has 218 valence electrons. The fourth-order valence-electron chi connectivity index (χ4n) is 4.61. The molecule has 0 fully saturated rings. The van der Waals surface area contributed by atoms with Crippen LogP contribution in [0.3, 0.4) is 0 Å². The van der Waals surface area contributed by atoms with Gasteiger partial charge in [-0.3, -0.25) is 0 Å². The van der Waals surface area contributed by atoms with E-state index in [0.717, 1.165) is 38.5 Å². The van der Waals surface area contributed by atoms with E-state index < -0.39 is 25.7 Å². The van der Waals surface area contributed by atoms with Crippen LogP contribution in [-0.4, -0.2) is 17.9 Å². The molecule has 0 spiro atoms. The Morgan fingerprint density at radius 2 is 0.684 bits per heavy atom. The highest BCUT2D eigenvalue weighted by Gasteiger charge is 2.42. The number of rotatable bonds is 21. The van der Waals surface area contributed by atoms with Crippen molar-refractivity contribution in [3.05, 3.63) is 36.5 Å². The average Bonchev–Trinajstić information content (AvgIpc) is 2.86. The van der Waals surface area contributed by atoms with Crippen LogP contribution >= 0.6 is 7.82 Å². The van der Waals surface area contributed by atoms with Crippen molar-refractivity contribution >= 4 is 25.7 Å². The number of phosphoric ester groups is 1. The van der Waals surface area contributed by atoms with Crippen LogP contribution in [0.4, 0.5) is 0 Å². The molecule has 0 aliphatic heterocycles. The zero-order valence-corrected chi connectivity index (χ0v) is 25.5. The Morgan fingerprint density at radius 3 is 0.842 bits per heavy atom. The van der Waals surface area contributed by atoms with Crippen molar-refractivity contribution in [2.24, 2.45) is 17.8 Å². The highest BCUT2D eigenvalue weighted by atomic mass is 31.2. The van der Waals surface area contributed by atoms with Gasteiger partial charge in [0.05, 0.1) is 0 Å². The van der Waals surface area contributed by atoms with E-state index in [9.17, 15) is 18.9 Å². The molecule has 0 saturated carbocycles. The Balaban J connectivity index is 6.09. The van der Waals surface area contributed by atoms with Crippen molar-refractivity contribution in [2.45, 2.75) is 119 Å². The zero-order chi connectivity index (χ0) is 29.3. The third-order valence-electron chi connectivity index (χ3n) is 6.67. The Bertz CT molecular complexity index is 733. The van der Waals surface area contributed by atoms with E-state index in [1.54, 1.807) is 0 Å². The molecular weight excluding hydrogens is 503 g/mol. The van der Waals surface area contributed by atoms with Gasteiger partial charge in [-0.1, -0.05) is 99.8 Å². The fourth-order valence-corrected chi connectivity index (χ4v) is 5.68. The monoisotopic (exact) mass is 554 g/mol. The third kappa shape index (κ3) is 12.1. The lowest BCUT2D eigenvalue weighted by molar-refractivity contribution is -0.140. The first kappa shape index (κ1) is 35.9. The van der Waals surface area contributed by atoms with E-state index in [1.165, 1.54) is 0 Å². The fraction of sp³-hybridized carbons (Fsp3) is 0.700. The lowest BCUT2D eigenvalue weighted by Gasteiger charge is -2.23. The summed E-state index contributed by atoms with van der Waals surface area (Å²) in [6.07, 6.45) is 8.97. The molecule has 0 aromatic carbocycles. The molecule has 0 amide bonds. The largest absolute Gasteiger partial charge is 0.654 e. The van der Waals surface area contributed by atoms with Gasteiger partial charge < -0.3 is 13.6 Å². The van der Waals surface area contributed by atoms with Gasteiger partial charge in [-0.2, -0.15) is 4.57 Å². The summed E-state index contributed by atoms with van der Waals surface area (Å²) in [5.74, 6) is -3.64. The average molecular weight is 555 g/mol. The van der Waals surface area contributed by atoms with E-state index in [0.29, 0.717) is 38.5 Å². The van der Waals surface area contributed by atoms with Gasteiger partial charge in [0.25, 0.3) is 0 Å². The molecule has 0 unspecified atom stereocenters. The van der Waals surface area contributed by atoms with Crippen molar-refractivity contribution in [2.75, 3.05) is 0 Å². The predicted octanol–water partition coefficient (Wildman–Crippen LogP) is 9.04. The zero-order valence-electron chi connectivity index (χ0n) is 24.6. The van der Waals surface area contributed by atoms with Crippen LogP contribution in [0.1, 0.15) is 119 Å². The Hall–Kier alpha value is -2.14. The first-order valence-corrected chi connectivity index (χ1v) is 15.8. The summed E-state index contributed by atoms with van der Waals surface area (Å²) in [7, 11) is -5.01. The van der Waals surface area contributed by atoms with Crippen molar-refractivity contribution < 1.29 is 32.5 Å². The van der Waals surface area contributed by atoms with Crippen LogP contribution in [0.15, 0.2) is 36.5 Å². The minimum atomic E-state index is -5.01. The number of hydrogen-bond donors (Lipinski definition) is 0. The molecule has 38 heavy (non-hydrogen) atoms. The third-order valence-corrected chi connectivity index (χ3v) is 7.84. The number of phosphoric acid groups is 1. The molecule has 0 aliphatic rings. The van der Waals surface area contributed by atoms with Crippen LogP contribution in [0.5, 0.6) is 0 Å². The van der Waals surface area contributed by atoms with E-state index in [1.807, 2.05) is 41.5 Å². The normalized spacial score (nSPS) is 11.5. The maximum Gasteiger partial charge on any atom is 0.654 e. The number of carbonyl (C=O) groups is 3. The second-order valence-electron chi connectivity index (χ2n) is 9.98. The summed E-state index contributed by atoms with van der Waals surface area (Å²) in [6, 6.07) is 0. The van der Waals surface area contributed by atoms with Gasteiger partial charge in [-0.25, -0.2) is 14.4 Å². The SMILES string of the molecule is C=C(C(=O)OP(=O)(OC(=O)C(=C)C(CCC)CCC)OC(=O)C(=C)C(CCC)CCC)C(CCC)CCC. The lowest BCUT2D eigenvalue weighted by atomic mass is 9.91. The molecule has 0 rings (SSSR count). The maximum atomic E-state index is 13.7. The van der Waals surface area contributed by atoms with E-state index in [4.69, 9.17) is 13.6 Å². The summed E-state index contributed by atoms with van der Waals surface area (Å²) < 4.78 is 29.2. The van der Waals surface area contributed by atoms with Crippen LogP contribution in [0.25, 0.3) is 0 Å². The van der Waals surface area contributed by atoms with Crippen LogP contribution in [0, 0.1) is 17.8 Å². The second-order valence-corrected chi connectivity index (χ2v) is 11.4. The van der Waals surface area contributed by atoms with Crippen molar-refractivity contribution in [1.82, 2.24) is 0 Å². The van der Waals surface area contributed by atoms with Gasteiger partial charge in [0.2, 0.25) is 0 Å². The number of carbonyl (C=O) groups excluding carboxylic acids is 3. The molecule has 0 N–H and O–H groups in total. The minimum Gasteiger partial charge on any atom is -0.348 e. The molecular formula is C30H51O7P. The number of hydrogen-bond acceptors (Lipinski definition) is 7. The molecule has 0 saturated heterocycles. The summed E-state index contributed by atoms with van der Waals surface area (Å²) in [5.41, 5.74) is 0.301. The Labute approximate surface area is 231 Å². The molecule has 0 aromatic heterocycles. The summed E-state index contributed by atoms with van der Waals surface area (Å²) >= 11 is 0. The molecule has 0 heterocycles. The van der Waals surface area contributed by atoms with Crippen molar-refractivity contribution in [3.63, 3.8) is 0 Å². The molecule has 0 aromatic rings. The molecule has 7 nitrogen and oxygen atoms in total. The standard InChI is InChI=1S/C30H51O7P/c1-10-16-25(17-11-2)22(7)28(31)35-38(34,36-29(32)23(8)26(18-12-3)19-13-4)37-30(33)24(9)27(20-14-5)21-15-6/h25-27H,7-21H2,1-6H3. The van der Waals surface area contributed by atoms with Gasteiger partial charge >= 0.3 is 25.7 Å². The van der Waals surface area contributed by atoms with Gasteiger partial charge in [0.1, 0.15) is 0 Å². The molecule has 0 atom stereocenters. The minimum absolute atomic E-state index is 0.100. The highest BCUT2D eigenvalue weighted by molar-refractivity contribution is 7.50. The van der Waals surface area contributed by atoms with Crippen LogP contribution < -0.4 is 0 Å². The second kappa shape index (κ2) is 19.0. The van der Waals surface area contributed by atoms with Gasteiger partial charge in [0, 0.05) is 16.7 Å². The first-order chi connectivity index (χ1) is 17.9. The van der Waals surface area contributed by atoms with Crippen LogP contribution in [0.2, 0.25) is 0 Å². The van der Waals surface area contributed by atoms with E-state index >= 15 is 0 Å². The molecule has 8 heteroatoms. The van der Waals surface area contributed by atoms with Crippen molar-refractivity contribution in [3.8, 4) is 0 Å². The van der Waals surface area contributed by atoms with Crippen LogP contribution in [-0.2, 0) is 32.5 Å². The summed E-state index contributed by atoms with van der Waals surface area (Å²) in [6.45, 7) is 23.5. The van der Waals surface area contributed by atoms with Crippen molar-refractivity contribution in [1.29, 1.82) is 0 Å². The van der Waals surface area contributed by atoms with Gasteiger partial charge in [-0.15, -0.1) is 0 Å². The maximum absolute atomic E-state index is 13.7. The van der Waals surface area contributed by atoms with Gasteiger partial charge in [-0.05, 0) is 56.3 Å². The smallest absolute Gasteiger partial charge is 0.348 e. The quantitative estimate of drug-likeness (QED) is 0.103. The highest BCUT2D eigenvalue weighted by Crippen LogP contribution is 2.52. The van der Waals surface area contributed by atoms with E-state index in [-0.39, 0.29) is 34.5 Å². The Kier molecular flexibility index (Phi) is 17.9. The molecule has 0 aliphatic carbocycles. The summed E-state index contributed by atoms with van der Waals surface area (Å²) in [5, 5.41) is 0. The predicted molar refractivity (Wildman–Crippen MR) is 153 cm³/mol. The van der Waals surface area contributed by atoms with E-state index in [2.05, 4.69) is 19.7 Å². The Morgan fingerprint density at radius 1 is 0.500 bits per heavy atom.